The minimum absolute atomic E-state index is 0.186. The molecule has 0 radical (unpaired) electrons. The third-order valence-electron chi connectivity index (χ3n) is 4.67. The van der Waals surface area contributed by atoms with Gasteiger partial charge >= 0.3 is 0 Å². The summed E-state index contributed by atoms with van der Waals surface area (Å²) in [6.07, 6.45) is 7.39. The molecule has 20 heavy (non-hydrogen) atoms. The van der Waals surface area contributed by atoms with Gasteiger partial charge < -0.3 is 10.2 Å². The lowest BCUT2D eigenvalue weighted by molar-refractivity contribution is 0.0612. The number of aromatic nitrogens is 1. The molecule has 5 heteroatoms. The predicted molar refractivity (Wildman–Crippen MR) is 81.2 cm³/mol. The van der Waals surface area contributed by atoms with Crippen molar-refractivity contribution in [1.29, 1.82) is 0 Å². The molecule has 0 aromatic carbocycles. The number of hydrogen-bond donors (Lipinski definition) is 1. The van der Waals surface area contributed by atoms with Crippen molar-refractivity contribution in [3.8, 4) is 0 Å². The first-order valence-electron chi connectivity index (χ1n) is 7.67. The van der Waals surface area contributed by atoms with Gasteiger partial charge in [-0.2, -0.15) is 0 Å². The molecule has 3 heterocycles. The monoisotopic (exact) mass is 293 g/mol. The maximum atomic E-state index is 12.5. The molecule has 2 fully saturated rings. The van der Waals surface area contributed by atoms with Crippen molar-refractivity contribution in [2.45, 2.75) is 39.0 Å². The molecule has 0 atom stereocenters. The highest BCUT2D eigenvalue weighted by Gasteiger charge is 2.38. The lowest BCUT2D eigenvalue weighted by atomic mass is 9.78. The van der Waals surface area contributed by atoms with Crippen molar-refractivity contribution in [2.24, 2.45) is 5.41 Å². The Labute approximate surface area is 124 Å². The zero-order valence-corrected chi connectivity index (χ0v) is 13.0. The first kappa shape index (κ1) is 14.0. The molecule has 110 valence electrons. The average molecular weight is 293 g/mol. The van der Waals surface area contributed by atoms with Gasteiger partial charge in [0.25, 0.3) is 5.91 Å². The standard InChI is InChI=1S/C15H23N3OS/c1-2-3-13-17-10-12(20-13)14(19)18-8-5-15(6-9-18)4-7-16-11-15/h10,16H,2-9,11H2,1H3. The van der Waals surface area contributed by atoms with Crippen LogP contribution in [0.15, 0.2) is 6.20 Å². The van der Waals surface area contributed by atoms with Crippen LogP contribution in [-0.4, -0.2) is 42.0 Å². The zero-order valence-electron chi connectivity index (χ0n) is 12.2. The minimum atomic E-state index is 0.186. The van der Waals surface area contributed by atoms with E-state index < -0.39 is 0 Å². The number of thiazole rings is 1. The summed E-state index contributed by atoms with van der Waals surface area (Å²) in [6, 6.07) is 0. The molecule has 1 aromatic rings. The van der Waals surface area contributed by atoms with E-state index in [0.29, 0.717) is 5.41 Å². The summed E-state index contributed by atoms with van der Waals surface area (Å²) >= 11 is 1.57. The van der Waals surface area contributed by atoms with Gasteiger partial charge in [0.15, 0.2) is 0 Å². The number of carbonyl (C=O) groups is 1. The van der Waals surface area contributed by atoms with Crippen molar-refractivity contribution in [2.75, 3.05) is 26.2 Å². The van der Waals surface area contributed by atoms with E-state index in [-0.39, 0.29) is 5.91 Å². The maximum Gasteiger partial charge on any atom is 0.265 e. The highest BCUT2D eigenvalue weighted by atomic mass is 32.1. The number of piperidine rings is 1. The number of hydrogen-bond acceptors (Lipinski definition) is 4. The number of rotatable bonds is 3. The fourth-order valence-electron chi connectivity index (χ4n) is 3.30. The zero-order chi connectivity index (χ0) is 14.0. The summed E-state index contributed by atoms with van der Waals surface area (Å²) in [5.41, 5.74) is 0.470. The van der Waals surface area contributed by atoms with E-state index in [1.165, 1.54) is 6.42 Å². The number of likely N-dealkylation sites (tertiary alicyclic amines) is 1. The second-order valence-electron chi connectivity index (χ2n) is 6.09. The molecule has 3 rings (SSSR count). The van der Waals surface area contributed by atoms with Crippen molar-refractivity contribution in [3.05, 3.63) is 16.1 Å². The number of amides is 1. The molecule has 1 amide bonds. The smallest absolute Gasteiger partial charge is 0.265 e. The van der Waals surface area contributed by atoms with E-state index in [4.69, 9.17) is 0 Å². The fraction of sp³-hybridized carbons (Fsp3) is 0.733. The predicted octanol–water partition coefficient (Wildman–Crippen LogP) is 2.31. The SMILES string of the molecule is CCCc1ncc(C(=O)N2CCC3(CCNC3)CC2)s1. The normalized spacial score (nSPS) is 21.6. The van der Waals surface area contributed by atoms with E-state index in [9.17, 15) is 4.79 Å². The molecule has 0 aliphatic carbocycles. The van der Waals surface area contributed by atoms with Crippen molar-refractivity contribution in [1.82, 2.24) is 15.2 Å². The van der Waals surface area contributed by atoms with Crippen molar-refractivity contribution >= 4 is 17.2 Å². The van der Waals surface area contributed by atoms with Gasteiger partial charge in [0.1, 0.15) is 4.88 Å². The van der Waals surface area contributed by atoms with Crippen LogP contribution in [0.2, 0.25) is 0 Å². The molecular formula is C15H23N3OS. The Balaban J connectivity index is 1.60. The van der Waals surface area contributed by atoms with E-state index in [1.807, 2.05) is 4.90 Å². The topological polar surface area (TPSA) is 45.2 Å². The van der Waals surface area contributed by atoms with E-state index >= 15 is 0 Å². The Hall–Kier alpha value is -0.940. The molecule has 1 spiro atoms. The van der Waals surface area contributed by atoms with Crippen molar-refractivity contribution in [3.63, 3.8) is 0 Å². The highest BCUT2D eigenvalue weighted by molar-refractivity contribution is 7.13. The molecule has 2 saturated heterocycles. The summed E-state index contributed by atoms with van der Waals surface area (Å²) < 4.78 is 0. The Morgan fingerprint density at radius 2 is 2.25 bits per heavy atom. The Morgan fingerprint density at radius 1 is 1.45 bits per heavy atom. The molecule has 0 bridgehead atoms. The van der Waals surface area contributed by atoms with Gasteiger partial charge in [-0.15, -0.1) is 11.3 Å². The summed E-state index contributed by atoms with van der Waals surface area (Å²) in [7, 11) is 0. The van der Waals surface area contributed by atoms with Crippen LogP contribution in [0.4, 0.5) is 0 Å². The third-order valence-corrected chi connectivity index (χ3v) is 5.72. The Morgan fingerprint density at radius 3 is 2.90 bits per heavy atom. The van der Waals surface area contributed by atoms with Crippen molar-refractivity contribution < 1.29 is 4.79 Å². The molecule has 4 nitrogen and oxygen atoms in total. The maximum absolute atomic E-state index is 12.5. The van der Waals surface area contributed by atoms with E-state index in [2.05, 4.69) is 17.2 Å². The summed E-state index contributed by atoms with van der Waals surface area (Å²) in [4.78, 5) is 19.7. The number of carbonyl (C=O) groups excluding carboxylic acids is 1. The molecule has 0 unspecified atom stereocenters. The number of nitrogens with one attached hydrogen (secondary N) is 1. The molecule has 0 saturated carbocycles. The molecule has 1 aromatic heterocycles. The van der Waals surface area contributed by atoms with Gasteiger partial charge in [-0.05, 0) is 44.1 Å². The van der Waals surface area contributed by atoms with Crippen LogP contribution in [-0.2, 0) is 6.42 Å². The fourth-order valence-corrected chi connectivity index (χ4v) is 4.29. The quantitative estimate of drug-likeness (QED) is 0.930. The Bertz CT molecular complexity index is 469. The van der Waals surface area contributed by atoms with Crippen LogP contribution < -0.4 is 5.32 Å². The second kappa shape index (κ2) is 5.82. The van der Waals surface area contributed by atoms with E-state index in [1.54, 1.807) is 17.5 Å². The Kier molecular flexibility index (Phi) is 4.08. The summed E-state index contributed by atoms with van der Waals surface area (Å²) in [5, 5.41) is 4.55. The average Bonchev–Trinajstić information content (AvgIpc) is 3.10. The van der Waals surface area contributed by atoms with Gasteiger partial charge in [0.05, 0.1) is 11.2 Å². The van der Waals surface area contributed by atoms with Gasteiger partial charge in [-0.3, -0.25) is 4.79 Å². The number of aryl methyl sites for hydroxylation is 1. The first-order chi connectivity index (χ1) is 9.72. The van der Waals surface area contributed by atoms with Crippen LogP contribution in [0.5, 0.6) is 0 Å². The van der Waals surface area contributed by atoms with Crippen LogP contribution in [0, 0.1) is 5.41 Å². The highest BCUT2D eigenvalue weighted by Crippen LogP contribution is 2.37. The minimum Gasteiger partial charge on any atom is -0.338 e. The molecule has 2 aliphatic heterocycles. The van der Waals surface area contributed by atoms with Gasteiger partial charge in [0.2, 0.25) is 0 Å². The molecule has 2 aliphatic rings. The van der Waals surface area contributed by atoms with Crippen LogP contribution in [0.25, 0.3) is 0 Å². The largest absolute Gasteiger partial charge is 0.338 e. The second-order valence-corrected chi connectivity index (χ2v) is 7.20. The lowest BCUT2D eigenvalue weighted by Gasteiger charge is -2.38. The van der Waals surface area contributed by atoms with Gasteiger partial charge in [0, 0.05) is 19.6 Å². The first-order valence-corrected chi connectivity index (χ1v) is 8.49. The van der Waals surface area contributed by atoms with Crippen LogP contribution in [0.3, 0.4) is 0 Å². The summed E-state index contributed by atoms with van der Waals surface area (Å²) in [6.45, 7) is 6.23. The third kappa shape index (κ3) is 2.74. The summed E-state index contributed by atoms with van der Waals surface area (Å²) in [5.74, 6) is 0.186. The molecule has 1 N–H and O–H groups in total. The molecular weight excluding hydrogens is 270 g/mol. The van der Waals surface area contributed by atoms with Crippen LogP contribution >= 0.6 is 11.3 Å². The van der Waals surface area contributed by atoms with Gasteiger partial charge in [-0.1, -0.05) is 6.92 Å². The van der Waals surface area contributed by atoms with E-state index in [0.717, 1.165) is 61.7 Å². The number of nitrogens with zero attached hydrogens (tertiary/aromatic N) is 2. The van der Waals surface area contributed by atoms with Gasteiger partial charge in [-0.25, -0.2) is 4.98 Å². The van der Waals surface area contributed by atoms with Crippen LogP contribution in [0.1, 0.15) is 47.3 Å². The lowest BCUT2D eigenvalue weighted by Crippen LogP contribution is -2.43.